The van der Waals surface area contributed by atoms with Crippen molar-refractivity contribution >= 4 is 0 Å². The summed E-state index contributed by atoms with van der Waals surface area (Å²) in [4.78, 5) is 2.11. The molecule has 1 aliphatic heterocycles. The summed E-state index contributed by atoms with van der Waals surface area (Å²) < 4.78 is 12.8. The largest absolute Gasteiger partial charge is 0.368 e. The first kappa shape index (κ1) is 16.0. The van der Waals surface area contributed by atoms with E-state index < -0.39 is 6.17 Å². The summed E-state index contributed by atoms with van der Waals surface area (Å²) in [6, 6.07) is 0. The molecule has 0 aromatic carbocycles. The van der Waals surface area contributed by atoms with Gasteiger partial charge in [-0.1, -0.05) is 6.54 Å². The molecule has 1 saturated heterocycles. The van der Waals surface area contributed by atoms with Crippen molar-refractivity contribution in [1.29, 1.82) is 0 Å². The summed E-state index contributed by atoms with van der Waals surface area (Å²) in [6.07, 6.45) is 1.09. The normalized spacial score (nSPS) is 23.5. The Kier molecular flexibility index (Phi) is 9.69. The van der Waals surface area contributed by atoms with Crippen molar-refractivity contribution in [3.63, 3.8) is 0 Å². The van der Waals surface area contributed by atoms with Gasteiger partial charge >= 0.3 is 0 Å². The zero-order chi connectivity index (χ0) is 8.27. The van der Waals surface area contributed by atoms with E-state index in [-0.39, 0.29) is 33.1 Å². The summed E-state index contributed by atoms with van der Waals surface area (Å²) in [5, 5.41) is 0. The van der Waals surface area contributed by atoms with Crippen LogP contribution in [0, 0.1) is 27.2 Å². The zero-order valence-electron chi connectivity index (χ0n) is 8.28. The quantitative estimate of drug-likeness (QED) is 0.681. The van der Waals surface area contributed by atoms with Crippen LogP contribution in [0.5, 0.6) is 0 Å². The fourth-order valence-corrected chi connectivity index (χ4v) is 1.53. The Balaban J connectivity index is 0. The van der Waals surface area contributed by atoms with Crippen molar-refractivity contribution in [3.05, 3.63) is 21.3 Å². The minimum Gasteiger partial charge on any atom is -0.368 e. The van der Waals surface area contributed by atoms with Crippen LogP contribution in [0.4, 0.5) is 4.39 Å². The van der Waals surface area contributed by atoms with Gasteiger partial charge in [-0.3, -0.25) is 5.92 Å². The van der Waals surface area contributed by atoms with Crippen LogP contribution in [-0.4, -0.2) is 30.7 Å². The molecule has 0 bridgehead atoms. The minimum absolute atomic E-state index is 0. The molecule has 0 amide bonds. The number of rotatable bonds is 2. The molecule has 1 fully saturated rings. The van der Waals surface area contributed by atoms with Crippen LogP contribution < -0.4 is 0 Å². The third-order valence-corrected chi connectivity index (χ3v) is 1.96. The van der Waals surface area contributed by atoms with Gasteiger partial charge in [0, 0.05) is 26.3 Å². The Morgan fingerprint density at radius 2 is 2.08 bits per heavy atom. The third kappa shape index (κ3) is 6.58. The second-order valence-corrected chi connectivity index (χ2v) is 3.37. The molecule has 1 nitrogen and oxygen atoms in total. The molecule has 1 unspecified atom stereocenters. The number of hydrogen-bond acceptors (Lipinski definition) is 1. The molecule has 82 valence electrons. The molecular weight excluding hydrogens is 343 g/mol. The van der Waals surface area contributed by atoms with Crippen molar-refractivity contribution < 1.29 is 24.2 Å². The maximum absolute atomic E-state index is 12.8. The topological polar surface area (TPSA) is 3.24 Å². The fraction of sp³-hybridized carbons (Fsp3) is 0.700. The smallest absolute Gasteiger partial charge is 0.113 e. The SMILES string of the molecule is [CH2-]C([CH2-])CN1CCCC(F)C1.[CH3-].[Os]. The molecule has 1 rings (SSSR count). The number of alkyl halides is 1. The van der Waals surface area contributed by atoms with Crippen LogP contribution in [0.25, 0.3) is 0 Å². The second-order valence-electron chi connectivity index (χ2n) is 3.37. The minimum atomic E-state index is -0.623. The molecule has 13 heavy (non-hydrogen) atoms. The average molecular weight is 362 g/mol. The van der Waals surface area contributed by atoms with Crippen molar-refractivity contribution in [3.8, 4) is 0 Å². The van der Waals surface area contributed by atoms with Gasteiger partial charge in [-0.05, 0) is 19.4 Å². The van der Waals surface area contributed by atoms with Gasteiger partial charge in [0.05, 0.1) is 0 Å². The molecule has 0 aromatic heterocycles. The second kappa shape index (κ2) is 7.89. The first-order valence-electron chi connectivity index (χ1n) is 4.21. The van der Waals surface area contributed by atoms with Crippen molar-refractivity contribution in [2.75, 3.05) is 19.6 Å². The van der Waals surface area contributed by atoms with Gasteiger partial charge < -0.3 is 26.2 Å². The standard InChI is InChI=1S/C9H16FN.CH3.Os/c1-8(2)6-11-5-3-4-9(10)7-11;;/h8-9H,1-7H2;1H3;/q-2;-1;. The van der Waals surface area contributed by atoms with E-state index >= 15 is 0 Å². The monoisotopic (exact) mass is 364 g/mol. The van der Waals surface area contributed by atoms with E-state index in [1.54, 1.807) is 0 Å². The molecule has 0 radical (unpaired) electrons. The summed E-state index contributed by atoms with van der Waals surface area (Å²) in [5.41, 5.74) is 0. The van der Waals surface area contributed by atoms with Gasteiger partial charge in [-0.25, -0.2) is 4.39 Å². The van der Waals surface area contributed by atoms with E-state index in [0.717, 1.165) is 25.9 Å². The number of hydrogen-bond donors (Lipinski definition) is 0. The molecular formula is C10H19FNOs-3. The van der Waals surface area contributed by atoms with Gasteiger partial charge in [-0.15, -0.1) is 0 Å². The maximum Gasteiger partial charge on any atom is 0.113 e. The molecule has 0 saturated carbocycles. The molecule has 3 heteroatoms. The van der Waals surface area contributed by atoms with Gasteiger partial charge in [0.25, 0.3) is 0 Å². The summed E-state index contributed by atoms with van der Waals surface area (Å²) in [7, 11) is 0. The molecule has 0 aliphatic carbocycles. The molecule has 1 aliphatic rings. The van der Waals surface area contributed by atoms with Gasteiger partial charge in [0.15, 0.2) is 0 Å². The predicted molar refractivity (Wildman–Crippen MR) is 51.2 cm³/mol. The van der Waals surface area contributed by atoms with E-state index in [2.05, 4.69) is 18.7 Å². The Hall–Kier alpha value is 0.526. The number of piperidine rings is 1. The maximum atomic E-state index is 12.8. The Morgan fingerprint density at radius 1 is 1.46 bits per heavy atom. The number of likely N-dealkylation sites (tertiary alicyclic amines) is 1. The number of halogens is 1. The van der Waals surface area contributed by atoms with E-state index in [1.165, 1.54) is 0 Å². The first-order valence-corrected chi connectivity index (χ1v) is 4.21. The van der Waals surface area contributed by atoms with Crippen molar-refractivity contribution in [2.45, 2.75) is 19.0 Å². The van der Waals surface area contributed by atoms with Crippen LogP contribution in [-0.2, 0) is 19.8 Å². The third-order valence-electron chi connectivity index (χ3n) is 1.96. The van der Waals surface area contributed by atoms with Crippen molar-refractivity contribution in [1.82, 2.24) is 4.90 Å². The first-order chi connectivity index (χ1) is 5.18. The van der Waals surface area contributed by atoms with E-state index in [0.29, 0.717) is 6.54 Å². The van der Waals surface area contributed by atoms with E-state index in [1.807, 2.05) is 0 Å². The molecule has 1 heterocycles. The van der Waals surface area contributed by atoms with Gasteiger partial charge in [-0.2, -0.15) is 0 Å². The molecule has 0 aromatic rings. The van der Waals surface area contributed by atoms with Crippen LogP contribution in [0.1, 0.15) is 12.8 Å². The molecule has 0 spiro atoms. The van der Waals surface area contributed by atoms with Gasteiger partial charge in [0.2, 0.25) is 0 Å². The van der Waals surface area contributed by atoms with Crippen LogP contribution in [0.2, 0.25) is 0 Å². The van der Waals surface area contributed by atoms with E-state index in [4.69, 9.17) is 0 Å². The Morgan fingerprint density at radius 3 is 2.54 bits per heavy atom. The Labute approximate surface area is 95.1 Å². The average Bonchev–Trinajstić information content (AvgIpc) is 1.85. The van der Waals surface area contributed by atoms with Crippen LogP contribution >= 0.6 is 0 Å². The summed E-state index contributed by atoms with van der Waals surface area (Å²) >= 11 is 0. The van der Waals surface area contributed by atoms with Crippen molar-refractivity contribution in [2.24, 2.45) is 5.92 Å². The molecule has 1 atom stereocenters. The van der Waals surface area contributed by atoms with Gasteiger partial charge in [0.1, 0.15) is 6.17 Å². The fourth-order valence-electron chi connectivity index (χ4n) is 1.53. The predicted octanol–water partition coefficient (Wildman–Crippen LogP) is 2.15. The van der Waals surface area contributed by atoms with E-state index in [9.17, 15) is 4.39 Å². The van der Waals surface area contributed by atoms with Crippen LogP contribution in [0.15, 0.2) is 0 Å². The Bertz CT molecular complexity index is 117. The zero-order valence-corrected chi connectivity index (χ0v) is 10.8. The van der Waals surface area contributed by atoms with Crippen LogP contribution in [0.3, 0.4) is 0 Å². The summed E-state index contributed by atoms with van der Waals surface area (Å²) in [6.45, 7) is 10.00. The number of nitrogens with zero attached hydrogens (tertiary/aromatic N) is 1. The summed E-state index contributed by atoms with van der Waals surface area (Å²) in [5.74, 6) is 0.167. The molecule has 0 N–H and O–H groups in total.